The van der Waals surface area contributed by atoms with Crippen molar-refractivity contribution in [2.24, 2.45) is 0 Å². The van der Waals surface area contributed by atoms with Crippen LogP contribution in [0.15, 0.2) is 36.7 Å². The zero-order chi connectivity index (χ0) is 15.3. The molecule has 0 fully saturated rings. The number of halogens is 1. The summed E-state index contributed by atoms with van der Waals surface area (Å²) >= 11 is 5.89. The lowest BCUT2D eigenvalue weighted by Crippen LogP contribution is -2.36. The Morgan fingerprint density at radius 1 is 1.14 bits per heavy atom. The van der Waals surface area contributed by atoms with Crippen LogP contribution in [0.5, 0.6) is 0 Å². The van der Waals surface area contributed by atoms with Crippen molar-refractivity contribution in [1.29, 1.82) is 0 Å². The van der Waals surface area contributed by atoms with Gasteiger partial charge in [-0.25, -0.2) is 0 Å². The van der Waals surface area contributed by atoms with Crippen molar-refractivity contribution in [3.05, 3.63) is 52.8 Å². The molecule has 1 heterocycles. The Morgan fingerprint density at radius 3 is 2.52 bits per heavy atom. The van der Waals surface area contributed by atoms with E-state index in [1.807, 2.05) is 35.1 Å². The second-order valence-corrected chi connectivity index (χ2v) is 6.89. The fourth-order valence-corrected chi connectivity index (χ4v) is 2.28. The minimum Gasteiger partial charge on any atom is -0.312 e. The van der Waals surface area contributed by atoms with Gasteiger partial charge in [0.15, 0.2) is 0 Å². The quantitative estimate of drug-likeness (QED) is 0.820. The highest BCUT2D eigenvalue weighted by atomic mass is 35.5. The van der Waals surface area contributed by atoms with Crippen molar-refractivity contribution in [2.75, 3.05) is 6.54 Å². The summed E-state index contributed by atoms with van der Waals surface area (Å²) in [4.78, 5) is 0. The number of benzene rings is 1. The lowest BCUT2D eigenvalue weighted by Gasteiger charge is -2.20. The number of aryl methyl sites for hydroxylation is 1. The van der Waals surface area contributed by atoms with Gasteiger partial charge in [0.05, 0.1) is 12.7 Å². The Morgan fingerprint density at radius 2 is 1.86 bits per heavy atom. The van der Waals surface area contributed by atoms with Crippen molar-refractivity contribution < 1.29 is 0 Å². The number of rotatable bonds is 6. The molecule has 0 radical (unpaired) electrons. The summed E-state index contributed by atoms with van der Waals surface area (Å²) in [6, 6.07) is 7.91. The van der Waals surface area contributed by atoms with Crippen LogP contribution in [0, 0.1) is 0 Å². The SMILES string of the molecule is CC(C)(C)NCCCc1cnn(Cc2ccc(Cl)cc2)c1. The van der Waals surface area contributed by atoms with Crippen molar-refractivity contribution >= 4 is 11.6 Å². The first-order chi connectivity index (χ1) is 9.92. The molecule has 0 bridgehead atoms. The van der Waals surface area contributed by atoms with Crippen LogP contribution in [-0.4, -0.2) is 21.9 Å². The van der Waals surface area contributed by atoms with E-state index in [0.717, 1.165) is 31.0 Å². The van der Waals surface area contributed by atoms with E-state index in [4.69, 9.17) is 11.6 Å². The molecule has 2 rings (SSSR count). The molecule has 0 atom stereocenters. The fraction of sp³-hybridized carbons (Fsp3) is 0.471. The molecule has 114 valence electrons. The minimum atomic E-state index is 0.193. The molecule has 0 spiro atoms. The monoisotopic (exact) mass is 305 g/mol. The van der Waals surface area contributed by atoms with Crippen LogP contribution in [-0.2, 0) is 13.0 Å². The fourth-order valence-electron chi connectivity index (χ4n) is 2.15. The molecule has 0 saturated carbocycles. The first kappa shape index (κ1) is 16.1. The van der Waals surface area contributed by atoms with Crippen molar-refractivity contribution in [3.63, 3.8) is 0 Å². The standard InChI is InChI=1S/C17H24ClN3/c1-17(2,3)19-10-4-5-15-11-20-21(13-15)12-14-6-8-16(18)9-7-14/h6-9,11,13,19H,4-5,10,12H2,1-3H3. The average Bonchev–Trinajstić information content (AvgIpc) is 2.84. The summed E-state index contributed by atoms with van der Waals surface area (Å²) in [6.45, 7) is 8.40. The molecule has 0 amide bonds. The van der Waals surface area contributed by atoms with Crippen LogP contribution in [0.2, 0.25) is 5.02 Å². The summed E-state index contributed by atoms with van der Waals surface area (Å²) in [5.41, 5.74) is 2.70. The first-order valence-corrected chi connectivity index (χ1v) is 7.81. The van der Waals surface area contributed by atoms with E-state index in [9.17, 15) is 0 Å². The van der Waals surface area contributed by atoms with E-state index in [2.05, 4.69) is 37.4 Å². The number of hydrogen-bond donors (Lipinski definition) is 1. The Kier molecular flexibility index (Phi) is 5.43. The maximum absolute atomic E-state index is 5.89. The summed E-state index contributed by atoms with van der Waals surface area (Å²) in [7, 11) is 0. The molecule has 1 aromatic heterocycles. The summed E-state index contributed by atoms with van der Waals surface area (Å²) < 4.78 is 1.98. The summed E-state index contributed by atoms with van der Waals surface area (Å²) in [6.07, 6.45) is 6.28. The zero-order valence-corrected chi connectivity index (χ0v) is 13.8. The number of nitrogens with one attached hydrogen (secondary N) is 1. The second-order valence-electron chi connectivity index (χ2n) is 6.45. The average molecular weight is 306 g/mol. The molecule has 4 heteroatoms. The molecule has 0 aliphatic rings. The van der Waals surface area contributed by atoms with Gasteiger partial charge in [0, 0.05) is 16.8 Å². The predicted molar refractivity (Wildman–Crippen MR) is 88.9 cm³/mol. The number of hydrogen-bond acceptors (Lipinski definition) is 2. The summed E-state index contributed by atoms with van der Waals surface area (Å²) in [5.74, 6) is 0. The maximum atomic E-state index is 5.89. The Balaban J connectivity index is 1.80. The van der Waals surface area contributed by atoms with Gasteiger partial charge in [0.2, 0.25) is 0 Å². The normalized spacial score (nSPS) is 11.8. The first-order valence-electron chi connectivity index (χ1n) is 7.43. The second kappa shape index (κ2) is 7.10. The molecule has 0 saturated heterocycles. The van der Waals surface area contributed by atoms with Gasteiger partial charge in [-0.15, -0.1) is 0 Å². The molecule has 0 unspecified atom stereocenters. The van der Waals surface area contributed by atoms with Crippen LogP contribution >= 0.6 is 11.6 Å². The van der Waals surface area contributed by atoms with Gasteiger partial charge in [-0.1, -0.05) is 23.7 Å². The third kappa shape index (κ3) is 5.90. The van der Waals surface area contributed by atoms with Gasteiger partial charge in [0.25, 0.3) is 0 Å². The highest BCUT2D eigenvalue weighted by Crippen LogP contribution is 2.11. The Labute approximate surface area is 132 Å². The maximum Gasteiger partial charge on any atom is 0.0659 e. The van der Waals surface area contributed by atoms with E-state index < -0.39 is 0 Å². The van der Waals surface area contributed by atoms with Gasteiger partial charge in [-0.05, 0) is 63.4 Å². The minimum absolute atomic E-state index is 0.193. The van der Waals surface area contributed by atoms with Crippen LogP contribution in [0.4, 0.5) is 0 Å². The van der Waals surface area contributed by atoms with Gasteiger partial charge >= 0.3 is 0 Å². The summed E-state index contributed by atoms with van der Waals surface area (Å²) in [5, 5.41) is 8.70. The van der Waals surface area contributed by atoms with Crippen LogP contribution in [0.25, 0.3) is 0 Å². The zero-order valence-electron chi connectivity index (χ0n) is 13.1. The lowest BCUT2D eigenvalue weighted by molar-refractivity contribution is 0.422. The Hall–Kier alpha value is -1.32. The lowest BCUT2D eigenvalue weighted by atomic mass is 10.1. The van der Waals surface area contributed by atoms with Gasteiger partial charge in [-0.2, -0.15) is 5.10 Å². The van der Waals surface area contributed by atoms with Crippen LogP contribution < -0.4 is 5.32 Å². The van der Waals surface area contributed by atoms with E-state index in [1.165, 1.54) is 11.1 Å². The third-order valence-electron chi connectivity index (χ3n) is 3.24. The van der Waals surface area contributed by atoms with Crippen LogP contribution in [0.3, 0.4) is 0 Å². The van der Waals surface area contributed by atoms with Gasteiger partial charge in [0.1, 0.15) is 0 Å². The van der Waals surface area contributed by atoms with E-state index >= 15 is 0 Å². The number of aromatic nitrogens is 2. The topological polar surface area (TPSA) is 29.9 Å². The molecule has 0 aliphatic carbocycles. The van der Waals surface area contributed by atoms with Crippen molar-refractivity contribution in [2.45, 2.75) is 45.7 Å². The van der Waals surface area contributed by atoms with E-state index in [1.54, 1.807) is 0 Å². The largest absolute Gasteiger partial charge is 0.312 e. The van der Waals surface area contributed by atoms with E-state index in [-0.39, 0.29) is 5.54 Å². The molecular formula is C17H24ClN3. The molecule has 1 aromatic carbocycles. The Bertz CT molecular complexity index is 552. The molecule has 1 N–H and O–H groups in total. The molecular weight excluding hydrogens is 282 g/mol. The molecule has 0 aliphatic heterocycles. The van der Waals surface area contributed by atoms with E-state index in [0.29, 0.717) is 0 Å². The van der Waals surface area contributed by atoms with Gasteiger partial charge < -0.3 is 5.32 Å². The van der Waals surface area contributed by atoms with Crippen molar-refractivity contribution in [3.8, 4) is 0 Å². The van der Waals surface area contributed by atoms with Crippen LogP contribution in [0.1, 0.15) is 38.3 Å². The highest BCUT2D eigenvalue weighted by Gasteiger charge is 2.07. The van der Waals surface area contributed by atoms with Crippen molar-refractivity contribution in [1.82, 2.24) is 15.1 Å². The highest BCUT2D eigenvalue weighted by molar-refractivity contribution is 6.30. The molecule has 2 aromatic rings. The molecule has 3 nitrogen and oxygen atoms in total. The molecule has 21 heavy (non-hydrogen) atoms. The van der Waals surface area contributed by atoms with Gasteiger partial charge in [-0.3, -0.25) is 4.68 Å². The number of nitrogens with zero attached hydrogens (tertiary/aromatic N) is 2. The smallest absolute Gasteiger partial charge is 0.0659 e. The predicted octanol–water partition coefficient (Wildman–Crippen LogP) is 3.91. The third-order valence-corrected chi connectivity index (χ3v) is 3.49.